The molecular weight excluding hydrogens is 709 g/mol. The lowest BCUT2D eigenvalue weighted by molar-refractivity contribution is -0.180. The predicted octanol–water partition coefficient (Wildman–Crippen LogP) is 16.2. The van der Waals surface area contributed by atoms with E-state index in [1.54, 1.807) is 0 Å². The van der Waals surface area contributed by atoms with E-state index in [9.17, 15) is 0 Å². The number of rotatable bonds is 38. The van der Waals surface area contributed by atoms with Gasteiger partial charge in [-0.15, -0.1) is 0 Å². The van der Waals surface area contributed by atoms with Gasteiger partial charge in [0.15, 0.2) is 5.79 Å². The van der Waals surface area contributed by atoms with Gasteiger partial charge in [0.2, 0.25) is 0 Å². The van der Waals surface area contributed by atoms with Gasteiger partial charge in [0.1, 0.15) is 0 Å². The van der Waals surface area contributed by atoms with Gasteiger partial charge in [-0.3, -0.25) is 4.98 Å². The first kappa shape index (κ1) is 52.1. The van der Waals surface area contributed by atoms with Crippen LogP contribution in [-0.4, -0.2) is 48.5 Å². The molecular formula is C54H94N2O2. The number of pyridine rings is 1. The summed E-state index contributed by atoms with van der Waals surface area (Å²) in [6, 6.07) is 4.35. The van der Waals surface area contributed by atoms with E-state index in [1.807, 2.05) is 12.4 Å². The van der Waals surface area contributed by atoms with Gasteiger partial charge < -0.3 is 14.4 Å². The maximum Gasteiger partial charge on any atom is 0.168 e. The van der Waals surface area contributed by atoms with E-state index in [4.69, 9.17) is 9.47 Å². The van der Waals surface area contributed by atoms with Crippen molar-refractivity contribution >= 4 is 0 Å². The molecule has 1 aromatic rings. The van der Waals surface area contributed by atoms with Crippen LogP contribution in [0.15, 0.2) is 73.1 Å². The molecule has 0 bridgehead atoms. The summed E-state index contributed by atoms with van der Waals surface area (Å²) < 4.78 is 13.6. The van der Waals surface area contributed by atoms with E-state index in [1.165, 1.54) is 147 Å². The molecule has 0 aromatic carbocycles. The number of hydrogen-bond acceptors (Lipinski definition) is 4. The number of allylic oxidation sites excluding steroid dienone is 8. The zero-order valence-electron chi connectivity index (χ0n) is 39.2. The van der Waals surface area contributed by atoms with Crippen LogP contribution < -0.4 is 0 Å². The van der Waals surface area contributed by atoms with E-state index in [2.05, 4.69) is 112 Å². The number of unbranched alkanes of at least 4 members (excludes halogenated alkanes) is 18. The molecule has 4 heteroatoms. The highest BCUT2D eigenvalue weighted by molar-refractivity contribution is 5.20. The summed E-state index contributed by atoms with van der Waals surface area (Å²) in [5.41, 5.74) is 1.53. The van der Waals surface area contributed by atoms with Crippen molar-refractivity contribution in [3.63, 3.8) is 0 Å². The fraction of sp³-hybridized carbons (Fsp3) is 0.759. The van der Waals surface area contributed by atoms with Gasteiger partial charge in [-0.05, 0) is 126 Å². The van der Waals surface area contributed by atoms with E-state index in [-0.39, 0.29) is 17.3 Å². The van der Waals surface area contributed by atoms with Crippen molar-refractivity contribution in [2.45, 2.75) is 232 Å². The average molecular weight is 803 g/mol. The summed E-state index contributed by atoms with van der Waals surface area (Å²) in [4.78, 5) is 6.74. The molecule has 0 spiro atoms. The summed E-state index contributed by atoms with van der Waals surface area (Å²) in [5.74, 6) is 0.246. The Morgan fingerprint density at radius 3 is 1.60 bits per heavy atom. The lowest BCUT2D eigenvalue weighted by Gasteiger charge is -2.31. The number of ether oxygens (including phenoxy) is 2. The van der Waals surface area contributed by atoms with Crippen molar-refractivity contribution in [3.05, 3.63) is 78.7 Å². The van der Waals surface area contributed by atoms with Gasteiger partial charge in [0, 0.05) is 38.3 Å². The molecule has 1 aliphatic rings. The molecule has 2 unspecified atom stereocenters. The smallest absolute Gasteiger partial charge is 0.168 e. The molecule has 2 atom stereocenters. The Balaban J connectivity index is 1.70. The Bertz CT molecular complexity index is 1140. The highest BCUT2D eigenvalue weighted by Crippen LogP contribution is 2.36. The molecule has 0 N–H and O–H groups in total. The predicted molar refractivity (Wildman–Crippen MR) is 255 cm³/mol. The molecule has 2 rings (SSSR count). The zero-order chi connectivity index (χ0) is 41.8. The number of nitrogens with zero attached hydrogens (tertiary/aromatic N) is 2. The molecule has 0 amide bonds. The molecule has 1 aliphatic heterocycles. The third kappa shape index (κ3) is 27.0. The molecule has 1 aromatic heterocycles. The highest BCUT2D eigenvalue weighted by atomic mass is 16.7. The van der Waals surface area contributed by atoms with Crippen LogP contribution >= 0.6 is 0 Å². The van der Waals surface area contributed by atoms with Crippen molar-refractivity contribution in [2.24, 2.45) is 5.92 Å². The van der Waals surface area contributed by atoms with Crippen molar-refractivity contribution in [2.75, 3.05) is 26.7 Å². The first-order valence-electron chi connectivity index (χ1n) is 24.8. The number of hydrogen-bond donors (Lipinski definition) is 0. The summed E-state index contributed by atoms with van der Waals surface area (Å²) >= 11 is 0. The maximum absolute atomic E-state index is 6.91. The van der Waals surface area contributed by atoms with Crippen LogP contribution in [0.1, 0.15) is 220 Å². The third-order valence-electron chi connectivity index (χ3n) is 12.2. The number of aromatic nitrogens is 1. The lowest BCUT2D eigenvalue weighted by atomic mass is 9.78. The third-order valence-corrected chi connectivity index (χ3v) is 12.2. The Morgan fingerprint density at radius 1 is 0.672 bits per heavy atom. The van der Waals surface area contributed by atoms with Crippen LogP contribution in [0.25, 0.3) is 0 Å². The summed E-state index contributed by atoms with van der Waals surface area (Å²) in [5, 5.41) is 0. The minimum absolute atomic E-state index is 0.148. The Kier molecular flexibility index (Phi) is 31.2. The normalized spacial score (nSPS) is 18.4. The van der Waals surface area contributed by atoms with Crippen LogP contribution in [0.2, 0.25) is 0 Å². The van der Waals surface area contributed by atoms with E-state index >= 15 is 0 Å². The Labute approximate surface area is 361 Å². The largest absolute Gasteiger partial charge is 0.347 e. The van der Waals surface area contributed by atoms with Crippen molar-refractivity contribution in [1.29, 1.82) is 0 Å². The highest BCUT2D eigenvalue weighted by Gasteiger charge is 2.40. The van der Waals surface area contributed by atoms with Crippen LogP contribution in [0.4, 0.5) is 0 Å². The van der Waals surface area contributed by atoms with Gasteiger partial charge >= 0.3 is 0 Å². The standard InChI is InChI=1S/C54H94N2O2/c1-7-9-11-13-15-17-19-21-23-25-27-29-31-33-35-37-42-54(43-38-36-34-32-30-28-26-24-22-20-18-16-14-12-10-8-2)57-49-52(58-54)41-46-56(6)48-50(3)47-53(4,5)51-39-44-55-45-40-51/h15-18,21-24,39-40,44-45,50,52H,7-14,19-20,25-38,41-43,46-49H2,1-6H3. The Morgan fingerprint density at radius 2 is 1.12 bits per heavy atom. The van der Waals surface area contributed by atoms with Crippen molar-refractivity contribution in [3.8, 4) is 0 Å². The van der Waals surface area contributed by atoms with Gasteiger partial charge in [-0.1, -0.05) is 160 Å². The quantitative estimate of drug-likeness (QED) is 0.0493. The van der Waals surface area contributed by atoms with E-state index in [0.717, 1.165) is 58.2 Å². The van der Waals surface area contributed by atoms with Gasteiger partial charge in [-0.2, -0.15) is 0 Å². The molecule has 4 nitrogen and oxygen atoms in total. The second-order valence-corrected chi connectivity index (χ2v) is 18.6. The van der Waals surface area contributed by atoms with Gasteiger partial charge in [0.25, 0.3) is 0 Å². The molecule has 1 saturated heterocycles. The minimum Gasteiger partial charge on any atom is -0.347 e. The zero-order valence-corrected chi connectivity index (χ0v) is 39.2. The van der Waals surface area contributed by atoms with Crippen LogP contribution in [0, 0.1) is 5.92 Å². The lowest BCUT2D eigenvalue weighted by Crippen LogP contribution is -2.33. The topological polar surface area (TPSA) is 34.6 Å². The fourth-order valence-corrected chi connectivity index (χ4v) is 8.76. The molecule has 58 heavy (non-hydrogen) atoms. The van der Waals surface area contributed by atoms with Crippen molar-refractivity contribution < 1.29 is 9.47 Å². The average Bonchev–Trinajstić information content (AvgIpc) is 3.62. The summed E-state index contributed by atoms with van der Waals surface area (Å²) in [7, 11) is 2.28. The molecule has 0 saturated carbocycles. The summed E-state index contributed by atoms with van der Waals surface area (Å²) in [6.07, 6.45) is 58.0. The molecule has 2 heterocycles. The van der Waals surface area contributed by atoms with Crippen LogP contribution in [-0.2, 0) is 14.9 Å². The van der Waals surface area contributed by atoms with Gasteiger partial charge in [0.05, 0.1) is 12.7 Å². The second kappa shape index (κ2) is 34.7. The second-order valence-electron chi connectivity index (χ2n) is 18.6. The SMILES string of the molecule is CCCCCC=CCC=CCCCCCCCCC1(CCCCCCCCC=CCC=CCCCCC)OCC(CCN(C)CC(C)CC(C)(C)c2ccncc2)O1. The molecule has 0 radical (unpaired) electrons. The molecule has 332 valence electrons. The monoisotopic (exact) mass is 803 g/mol. The van der Waals surface area contributed by atoms with Gasteiger partial charge in [-0.25, -0.2) is 0 Å². The first-order chi connectivity index (χ1) is 28.3. The molecule has 0 aliphatic carbocycles. The minimum atomic E-state index is -0.365. The molecule has 1 fully saturated rings. The Hall–Kier alpha value is -2.01. The van der Waals surface area contributed by atoms with Crippen LogP contribution in [0.5, 0.6) is 0 Å². The summed E-state index contributed by atoms with van der Waals surface area (Å²) in [6.45, 7) is 14.6. The maximum atomic E-state index is 6.91. The fourth-order valence-electron chi connectivity index (χ4n) is 8.76. The van der Waals surface area contributed by atoms with E-state index < -0.39 is 0 Å². The first-order valence-corrected chi connectivity index (χ1v) is 24.8. The van der Waals surface area contributed by atoms with Crippen molar-refractivity contribution in [1.82, 2.24) is 9.88 Å². The van der Waals surface area contributed by atoms with Crippen LogP contribution in [0.3, 0.4) is 0 Å². The van der Waals surface area contributed by atoms with E-state index in [0.29, 0.717) is 5.92 Å².